The number of hydrogen-bond acceptors (Lipinski definition) is 2. The Morgan fingerprint density at radius 2 is 2.32 bits per heavy atom. The fourth-order valence-electron chi connectivity index (χ4n) is 3.14. The van der Waals surface area contributed by atoms with Gasteiger partial charge in [-0.1, -0.05) is 12.1 Å². The van der Waals surface area contributed by atoms with Crippen molar-refractivity contribution in [2.45, 2.75) is 25.8 Å². The second-order valence-electron chi connectivity index (χ2n) is 5.67. The van der Waals surface area contributed by atoms with E-state index in [9.17, 15) is 4.79 Å². The Morgan fingerprint density at radius 1 is 1.42 bits per heavy atom. The Bertz CT molecular complexity index is 460. The molecule has 102 valence electrons. The highest BCUT2D eigenvalue weighted by Gasteiger charge is 2.36. The Kier molecular flexibility index (Phi) is 3.42. The minimum Gasteiger partial charge on any atom is -0.323 e. The summed E-state index contributed by atoms with van der Waals surface area (Å²) in [5.41, 5.74) is 2.04. The third kappa shape index (κ3) is 2.73. The minimum atomic E-state index is 0.0294. The number of amides is 2. The molecule has 2 aliphatic heterocycles. The van der Waals surface area contributed by atoms with Gasteiger partial charge in [0.2, 0.25) is 0 Å². The van der Waals surface area contributed by atoms with Gasteiger partial charge >= 0.3 is 6.03 Å². The van der Waals surface area contributed by atoms with Gasteiger partial charge in [-0.25, -0.2) is 4.79 Å². The van der Waals surface area contributed by atoms with Crippen LogP contribution in [0.3, 0.4) is 0 Å². The molecule has 2 heterocycles. The molecule has 2 amide bonds. The van der Waals surface area contributed by atoms with Crippen LogP contribution in [-0.2, 0) is 0 Å². The molecule has 2 fully saturated rings. The zero-order chi connectivity index (χ0) is 13.2. The molecule has 2 unspecified atom stereocenters. The molecule has 2 saturated heterocycles. The van der Waals surface area contributed by atoms with E-state index in [4.69, 9.17) is 0 Å². The van der Waals surface area contributed by atoms with E-state index in [1.165, 1.54) is 12.8 Å². The standard InChI is InChI=1S/C15H21N3O/c1-11-4-2-6-13(8-11)17-15(19)18-9-12-5-3-7-16-14(12)10-18/h2,4,6,8,12,14,16H,3,5,7,9-10H2,1H3,(H,17,19). The Labute approximate surface area is 114 Å². The fourth-order valence-corrected chi connectivity index (χ4v) is 3.14. The first-order chi connectivity index (χ1) is 9.22. The van der Waals surface area contributed by atoms with Crippen LogP contribution in [0.5, 0.6) is 0 Å². The summed E-state index contributed by atoms with van der Waals surface area (Å²) in [6, 6.07) is 8.46. The van der Waals surface area contributed by atoms with Crippen molar-refractivity contribution in [2.24, 2.45) is 5.92 Å². The van der Waals surface area contributed by atoms with Crippen LogP contribution < -0.4 is 10.6 Å². The van der Waals surface area contributed by atoms with Gasteiger partial charge in [-0.2, -0.15) is 0 Å². The number of likely N-dealkylation sites (tertiary alicyclic amines) is 1. The predicted octanol–water partition coefficient (Wildman–Crippen LogP) is 2.21. The van der Waals surface area contributed by atoms with E-state index in [0.717, 1.165) is 30.9 Å². The molecule has 4 nitrogen and oxygen atoms in total. The van der Waals surface area contributed by atoms with Crippen LogP contribution in [0.25, 0.3) is 0 Å². The SMILES string of the molecule is Cc1cccc(NC(=O)N2CC3CCCNC3C2)c1. The molecular weight excluding hydrogens is 238 g/mol. The summed E-state index contributed by atoms with van der Waals surface area (Å²) in [5.74, 6) is 0.636. The highest BCUT2D eigenvalue weighted by molar-refractivity contribution is 5.89. The number of nitrogens with zero attached hydrogens (tertiary/aromatic N) is 1. The molecule has 2 aliphatic rings. The molecule has 3 rings (SSSR count). The molecule has 0 saturated carbocycles. The molecule has 1 aromatic rings. The summed E-state index contributed by atoms with van der Waals surface area (Å²) in [5, 5.41) is 6.51. The lowest BCUT2D eigenvalue weighted by Crippen LogP contribution is -2.41. The maximum absolute atomic E-state index is 12.3. The second-order valence-corrected chi connectivity index (χ2v) is 5.67. The first-order valence-corrected chi connectivity index (χ1v) is 7.08. The molecular formula is C15H21N3O. The molecule has 0 radical (unpaired) electrons. The topological polar surface area (TPSA) is 44.4 Å². The summed E-state index contributed by atoms with van der Waals surface area (Å²) in [7, 11) is 0. The summed E-state index contributed by atoms with van der Waals surface area (Å²) >= 11 is 0. The molecule has 0 aromatic heterocycles. The number of piperidine rings is 1. The highest BCUT2D eigenvalue weighted by Crippen LogP contribution is 2.25. The quantitative estimate of drug-likeness (QED) is 0.812. The van der Waals surface area contributed by atoms with E-state index in [0.29, 0.717) is 12.0 Å². The van der Waals surface area contributed by atoms with E-state index in [-0.39, 0.29) is 6.03 Å². The Morgan fingerprint density at radius 3 is 3.11 bits per heavy atom. The average molecular weight is 259 g/mol. The van der Waals surface area contributed by atoms with Crippen molar-refractivity contribution < 1.29 is 4.79 Å². The normalized spacial score (nSPS) is 26.1. The maximum atomic E-state index is 12.3. The Balaban J connectivity index is 1.62. The third-order valence-corrected chi connectivity index (χ3v) is 4.16. The zero-order valence-electron chi connectivity index (χ0n) is 11.4. The van der Waals surface area contributed by atoms with Gasteiger partial charge in [0.1, 0.15) is 0 Å². The number of aryl methyl sites for hydroxylation is 1. The number of anilines is 1. The van der Waals surface area contributed by atoms with Crippen LogP contribution in [0.15, 0.2) is 24.3 Å². The minimum absolute atomic E-state index is 0.0294. The monoisotopic (exact) mass is 259 g/mol. The average Bonchev–Trinajstić information content (AvgIpc) is 2.82. The number of hydrogen-bond donors (Lipinski definition) is 2. The smallest absolute Gasteiger partial charge is 0.321 e. The van der Waals surface area contributed by atoms with Gasteiger partial charge in [0.15, 0.2) is 0 Å². The van der Waals surface area contributed by atoms with Gasteiger partial charge in [0, 0.05) is 24.8 Å². The molecule has 2 atom stereocenters. The molecule has 0 spiro atoms. The molecule has 0 aliphatic carbocycles. The Hall–Kier alpha value is -1.55. The van der Waals surface area contributed by atoms with Crippen LogP contribution in [0, 0.1) is 12.8 Å². The number of benzene rings is 1. The molecule has 2 N–H and O–H groups in total. The number of fused-ring (bicyclic) bond motifs is 1. The van der Waals surface area contributed by atoms with Crippen molar-refractivity contribution in [3.8, 4) is 0 Å². The predicted molar refractivity (Wildman–Crippen MR) is 76.3 cm³/mol. The maximum Gasteiger partial charge on any atom is 0.321 e. The van der Waals surface area contributed by atoms with Crippen molar-refractivity contribution in [3.05, 3.63) is 29.8 Å². The second kappa shape index (κ2) is 5.21. The van der Waals surface area contributed by atoms with Crippen LogP contribution in [0.1, 0.15) is 18.4 Å². The lowest BCUT2D eigenvalue weighted by molar-refractivity contribution is 0.220. The van der Waals surface area contributed by atoms with Crippen LogP contribution in [0.2, 0.25) is 0 Å². The molecule has 19 heavy (non-hydrogen) atoms. The van der Waals surface area contributed by atoms with Crippen molar-refractivity contribution in [2.75, 3.05) is 25.0 Å². The lowest BCUT2D eigenvalue weighted by atomic mass is 9.94. The summed E-state index contributed by atoms with van der Waals surface area (Å²) < 4.78 is 0. The van der Waals surface area contributed by atoms with Gasteiger partial charge in [-0.3, -0.25) is 0 Å². The first-order valence-electron chi connectivity index (χ1n) is 7.08. The van der Waals surface area contributed by atoms with Crippen LogP contribution in [0.4, 0.5) is 10.5 Å². The van der Waals surface area contributed by atoms with Gasteiger partial charge in [-0.15, -0.1) is 0 Å². The molecule has 0 bridgehead atoms. The van der Waals surface area contributed by atoms with Crippen molar-refractivity contribution >= 4 is 11.7 Å². The largest absolute Gasteiger partial charge is 0.323 e. The number of urea groups is 1. The number of nitrogens with one attached hydrogen (secondary N) is 2. The lowest BCUT2D eigenvalue weighted by Gasteiger charge is -2.24. The highest BCUT2D eigenvalue weighted by atomic mass is 16.2. The third-order valence-electron chi connectivity index (χ3n) is 4.16. The summed E-state index contributed by atoms with van der Waals surface area (Å²) in [4.78, 5) is 14.2. The van der Waals surface area contributed by atoms with Crippen LogP contribution in [-0.4, -0.2) is 36.6 Å². The summed E-state index contributed by atoms with van der Waals surface area (Å²) in [6.07, 6.45) is 2.47. The fraction of sp³-hybridized carbons (Fsp3) is 0.533. The van der Waals surface area contributed by atoms with Crippen molar-refractivity contribution in [1.29, 1.82) is 0 Å². The van der Waals surface area contributed by atoms with Crippen molar-refractivity contribution in [1.82, 2.24) is 10.2 Å². The molecule has 4 heteroatoms. The van der Waals surface area contributed by atoms with Gasteiger partial charge < -0.3 is 15.5 Å². The van der Waals surface area contributed by atoms with E-state index >= 15 is 0 Å². The van der Waals surface area contributed by atoms with E-state index < -0.39 is 0 Å². The van der Waals surface area contributed by atoms with Crippen molar-refractivity contribution in [3.63, 3.8) is 0 Å². The zero-order valence-corrected chi connectivity index (χ0v) is 11.4. The van der Waals surface area contributed by atoms with E-state index in [2.05, 4.69) is 10.6 Å². The van der Waals surface area contributed by atoms with Gasteiger partial charge in [0.05, 0.1) is 0 Å². The van der Waals surface area contributed by atoms with E-state index in [1.54, 1.807) is 0 Å². The summed E-state index contributed by atoms with van der Waals surface area (Å²) in [6.45, 7) is 4.84. The van der Waals surface area contributed by atoms with Gasteiger partial charge in [-0.05, 0) is 49.9 Å². The number of carbonyl (C=O) groups is 1. The van der Waals surface area contributed by atoms with Crippen LogP contribution >= 0.6 is 0 Å². The van der Waals surface area contributed by atoms with E-state index in [1.807, 2.05) is 36.1 Å². The first kappa shape index (κ1) is 12.5. The molecule has 1 aromatic carbocycles. The number of rotatable bonds is 1. The van der Waals surface area contributed by atoms with Gasteiger partial charge in [0.25, 0.3) is 0 Å². The number of carbonyl (C=O) groups excluding carboxylic acids is 1.